The molecule has 2 unspecified atom stereocenters. The Hall–Kier alpha value is 0.430. The van der Waals surface area contributed by atoms with E-state index in [2.05, 4.69) is 20.3 Å². The van der Waals surface area contributed by atoms with Gasteiger partial charge in [-0.2, -0.15) is 11.3 Å². The Morgan fingerprint density at radius 1 is 1.41 bits per heavy atom. The summed E-state index contributed by atoms with van der Waals surface area (Å²) in [5.74, 6) is 0.0199. The first-order valence-electron chi connectivity index (χ1n) is 5.99. The van der Waals surface area contributed by atoms with E-state index >= 15 is 0 Å². The second kappa shape index (κ2) is 9.37. The average Bonchev–Trinajstić information content (AvgIpc) is 2.67. The van der Waals surface area contributed by atoms with E-state index < -0.39 is 5.97 Å². The molecule has 0 aliphatic heterocycles. The molecule has 2 N–H and O–H groups in total. The van der Waals surface area contributed by atoms with Crippen LogP contribution in [0, 0.1) is 17.8 Å². The van der Waals surface area contributed by atoms with Crippen molar-refractivity contribution >= 4 is 5.97 Å². The summed E-state index contributed by atoms with van der Waals surface area (Å²) in [6.07, 6.45) is 7.05. The van der Waals surface area contributed by atoms with E-state index in [1.807, 2.05) is 6.92 Å². The molecule has 0 bridgehead atoms. The van der Waals surface area contributed by atoms with Crippen LogP contribution in [0.15, 0.2) is 0 Å². The second-order valence-electron chi connectivity index (χ2n) is 5.25. The van der Waals surface area contributed by atoms with Crippen LogP contribution < -0.4 is 29.6 Å². The quantitative estimate of drug-likeness (QED) is 0.407. The summed E-state index contributed by atoms with van der Waals surface area (Å²) < 4.78 is 0. The van der Waals surface area contributed by atoms with Gasteiger partial charge in [0.25, 0.3) is 5.97 Å². The normalized spacial score (nSPS) is 21.6. The van der Waals surface area contributed by atoms with Gasteiger partial charge in [-0.1, -0.05) is 33.1 Å². The molecule has 0 saturated heterocycles. The van der Waals surface area contributed by atoms with Crippen molar-refractivity contribution in [1.29, 1.82) is 0 Å². The molecule has 0 radical (unpaired) electrons. The standard InChI is InChI=1S/C11H21O.C2H4O2.Na/c1-9(12)6-4-5-7-10-8-11(10,2)3;1-2(3)4;/h8-10,12H,4-7H2,1-3H3;1H3,(H,3,4);/q-1;;+1. The molecule has 1 fully saturated rings. The largest absolute Gasteiger partial charge is 1.00 e. The van der Waals surface area contributed by atoms with Crippen LogP contribution in [0.4, 0.5) is 0 Å². The molecule has 1 aliphatic rings. The molecule has 0 amide bonds. The minimum atomic E-state index is -0.833. The fourth-order valence-electron chi connectivity index (χ4n) is 1.73. The Kier molecular flexibility index (Phi) is 10.9. The summed E-state index contributed by atoms with van der Waals surface area (Å²) in [6, 6.07) is 0. The van der Waals surface area contributed by atoms with Crippen LogP contribution in [0.5, 0.6) is 0 Å². The first-order chi connectivity index (χ1) is 7.25. The molecule has 1 aliphatic carbocycles. The molecule has 0 aromatic carbocycles. The van der Waals surface area contributed by atoms with Gasteiger partial charge in [0, 0.05) is 6.92 Å². The minimum Gasteiger partial charge on any atom is -0.481 e. The first kappa shape index (κ1) is 19.8. The van der Waals surface area contributed by atoms with Crippen LogP contribution in [-0.4, -0.2) is 22.3 Å². The summed E-state index contributed by atoms with van der Waals surface area (Å²) in [4.78, 5) is 9.00. The zero-order valence-electron chi connectivity index (χ0n) is 11.9. The fourth-order valence-corrected chi connectivity index (χ4v) is 1.73. The number of aliphatic carboxylic acids is 1. The van der Waals surface area contributed by atoms with Crippen molar-refractivity contribution in [3.05, 3.63) is 6.42 Å². The topological polar surface area (TPSA) is 57.5 Å². The number of aliphatic hydroxyl groups excluding tert-OH is 1. The predicted octanol–water partition coefficient (Wildman–Crippen LogP) is -0.117. The van der Waals surface area contributed by atoms with Gasteiger partial charge in [0.2, 0.25) is 0 Å². The van der Waals surface area contributed by atoms with Gasteiger partial charge in [-0.15, -0.1) is 0 Å². The number of carbonyl (C=O) groups is 1. The molecular weight excluding hydrogens is 227 g/mol. The SMILES string of the molecule is CC(=O)O.CC(O)CCCCC1[CH-]C1(C)C.[Na+]. The third-order valence-corrected chi connectivity index (χ3v) is 2.86. The smallest absolute Gasteiger partial charge is 0.481 e. The molecule has 1 saturated carbocycles. The third-order valence-electron chi connectivity index (χ3n) is 2.86. The molecule has 0 aromatic heterocycles. The molecule has 0 aromatic rings. The van der Waals surface area contributed by atoms with Crippen LogP contribution >= 0.6 is 0 Å². The van der Waals surface area contributed by atoms with Gasteiger partial charge in [-0.25, -0.2) is 0 Å². The number of hydrogen-bond acceptors (Lipinski definition) is 2. The van der Waals surface area contributed by atoms with E-state index in [4.69, 9.17) is 15.0 Å². The summed E-state index contributed by atoms with van der Waals surface area (Å²) in [7, 11) is 0. The van der Waals surface area contributed by atoms with Crippen LogP contribution in [-0.2, 0) is 4.79 Å². The Morgan fingerprint density at radius 3 is 2.12 bits per heavy atom. The van der Waals surface area contributed by atoms with Gasteiger partial charge in [-0.3, -0.25) is 4.79 Å². The van der Waals surface area contributed by atoms with E-state index in [0.29, 0.717) is 5.41 Å². The Labute approximate surface area is 127 Å². The number of aliphatic hydroxyl groups is 1. The number of hydrogen-bond donors (Lipinski definition) is 2. The molecule has 0 heterocycles. The molecule has 4 heteroatoms. The predicted molar refractivity (Wildman–Crippen MR) is 65.0 cm³/mol. The molecule has 96 valence electrons. The van der Waals surface area contributed by atoms with E-state index in [1.54, 1.807) is 0 Å². The number of carboxylic acids is 1. The van der Waals surface area contributed by atoms with Gasteiger partial charge in [-0.05, 0) is 13.3 Å². The van der Waals surface area contributed by atoms with Gasteiger partial charge in [0.05, 0.1) is 6.10 Å². The Morgan fingerprint density at radius 2 is 1.82 bits per heavy atom. The van der Waals surface area contributed by atoms with E-state index in [-0.39, 0.29) is 35.7 Å². The zero-order chi connectivity index (χ0) is 12.8. The van der Waals surface area contributed by atoms with Crippen LogP contribution in [0.3, 0.4) is 0 Å². The summed E-state index contributed by atoms with van der Waals surface area (Å²) in [5.41, 5.74) is 0.519. The number of unbranched alkanes of at least 4 members (excludes halogenated alkanes) is 1. The monoisotopic (exact) mass is 252 g/mol. The Bertz CT molecular complexity index is 211. The Balaban J connectivity index is 0. The molecule has 3 nitrogen and oxygen atoms in total. The van der Waals surface area contributed by atoms with E-state index in [9.17, 15) is 0 Å². The maximum absolute atomic E-state index is 9.03. The molecule has 1 rings (SSSR count). The third kappa shape index (κ3) is 12.7. The summed E-state index contributed by atoms with van der Waals surface area (Å²) in [5, 5.41) is 16.4. The number of rotatable bonds is 5. The average molecular weight is 252 g/mol. The maximum atomic E-state index is 9.03. The second-order valence-corrected chi connectivity index (χ2v) is 5.25. The first-order valence-corrected chi connectivity index (χ1v) is 5.99. The molecule has 17 heavy (non-hydrogen) atoms. The fraction of sp³-hybridized carbons (Fsp3) is 0.846. The van der Waals surface area contributed by atoms with Crippen molar-refractivity contribution < 1.29 is 44.6 Å². The van der Waals surface area contributed by atoms with E-state index in [0.717, 1.165) is 19.3 Å². The minimum absolute atomic E-state index is 0. The molecule has 2 atom stereocenters. The van der Waals surface area contributed by atoms with Crippen molar-refractivity contribution in [3.8, 4) is 0 Å². The van der Waals surface area contributed by atoms with Gasteiger partial charge in [0.1, 0.15) is 0 Å². The van der Waals surface area contributed by atoms with Crippen molar-refractivity contribution in [2.75, 3.05) is 0 Å². The van der Waals surface area contributed by atoms with Crippen molar-refractivity contribution in [3.63, 3.8) is 0 Å². The maximum Gasteiger partial charge on any atom is 1.00 e. The molecular formula is C13H25NaO3. The van der Waals surface area contributed by atoms with Crippen LogP contribution in [0.2, 0.25) is 0 Å². The van der Waals surface area contributed by atoms with Crippen LogP contribution in [0.25, 0.3) is 0 Å². The van der Waals surface area contributed by atoms with Gasteiger partial charge < -0.3 is 16.6 Å². The van der Waals surface area contributed by atoms with Crippen molar-refractivity contribution in [2.45, 2.75) is 59.5 Å². The van der Waals surface area contributed by atoms with Gasteiger partial charge in [0.15, 0.2) is 0 Å². The van der Waals surface area contributed by atoms with Crippen molar-refractivity contribution in [2.24, 2.45) is 11.3 Å². The van der Waals surface area contributed by atoms with Gasteiger partial charge >= 0.3 is 29.6 Å². The molecule has 0 spiro atoms. The summed E-state index contributed by atoms with van der Waals surface area (Å²) in [6.45, 7) is 7.55. The zero-order valence-corrected chi connectivity index (χ0v) is 13.9. The summed E-state index contributed by atoms with van der Waals surface area (Å²) >= 11 is 0. The van der Waals surface area contributed by atoms with E-state index in [1.165, 1.54) is 19.3 Å². The van der Waals surface area contributed by atoms with Crippen molar-refractivity contribution in [1.82, 2.24) is 0 Å². The van der Waals surface area contributed by atoms with Crippen LogP contribution in [0.1, 0.15) is 53.4 Å². The number of carboxylic acid groups (broad SMARTS) is 1.